The van der Waals surface area contributed by atoms with Gasteiger partial charge in [0.2, 0.25) is 0 Å². The molecule has 0 radical (unpaired) electrons. The molecule has 0 aromatic carbocycles. The van der Waals surface area contributed by atoms with Crippen molar-refractivity contribution in [2.45, 2.75) is 13.8 Å². The number of allylic oxidation sites excluding steroid dienone is 1. The quantitative estimate of drug-likeness (QED) is 0.330. The summed E-state index contributed by atoms with van der Waals surface area (Å²) >= 11 is 0. The van der Waals surface area contributed by atoms with E-state index in [1.807, 2.05) is 0 Å². The molecule has 1 N–H and O–H groups in total. The molecule has 0 aromatic rings. The summed E-state index contributed by atoms with van der Waals surface area (Å²) in [6.45, 7) is 3.75. The van der Waals surface area contributed by atoms with Crippen LogP contribution in [0.4, 0.5) is 0 Å². The highest BCUT2D eigenvalue weighted by Gasteiger charge is 2.17. The zero-order valence-electron chi connectivity index (χ0n) is 9.94. The number of hydrogen-bond donors (Lipinski definition) is 1. The molecule has 0 amide bonds. The Bertz CT molecular complexity index is 362. The molecule has 0 aliphatic rings. The summed E-state index contributed by atoms with van der Waals surface area (Å²) in [5.41, 5.74) is 0.225. The first-order valence-corrected chi connectivity index (χ1v) is 4.79. The summed E-state index contributed by atoms with van der Waals surface area (Å²) < 4.78 is 5.20. The van der Waals surface area contributed by atoms with Gasteiger partial charge >= 0.3 is 5.97 Å². The van der Waals surface area contributed by atoms with Crippen LogP contribution in [0.3, 0.4) is 0 Å². The van der Waals surface area contributed by atoms with Gasteiger partial charge in [0.15, 0.2) is 5.57 Å². The van der Waals surface area contributed by atoms with E-state index >= 15 is 0 Å². The molecule has 0 fully saturated rings. The molecule has 0 spiro atoms. The maximum Gasteiger partial charge on any atom is 0.350 e. The highest BCUT2D eigenvalue weighted by molar-refractivity contribution is 5.92. The van der Waals surface area contributed by atoms with E-state index in [9.17, 15) is 4.79 Å². The van der Waals surface area contributed by atoms with E-state index in [0.717, 1.165) is 0 Å². The van der Waals surface area contributed by atoms with Gasteiger partial charge in [0.05, 0.1) is 6.61 Å². The van der Waals surface area contributed by atoms with E-state index in [1.165, 1.54) is 0 Å². The third-order valence-corrected chi connectivity index (χ3v) is 1.65. The molecule has 0 aromatic heterocycles. The standard InChI is InChI=1S/C11H16N2O3/c1-5-16-10(8(2)7-13(3)4)9(6-12)11(14)15/h7H,5H2,1-4H3,(H,14,15)/b8-7+,10-9-. The Hall–Kier alpha value is -1.96. The Labute approximate surface area is 95.2 Å². The van der Waals surface area contributed by atoms with E-state index in [0.29, 0.717) is 12.2 Å². The molecule has 0 aliphatic carbocycles. The van der Waals surface area contributed by atoms with Crippen molar-refractivity contribution in [3.8, 4) is 6.07 Å². The summed E-state index contributed by atoms with van der Waals surface area (Å²) in [7, 11) is 3.61. The van der Waals surface area contributed by atoms with Crippen molar-refractivity contribution in [1.82, 2.24) is 4.90 Å². The van der Waals surface area contributed by atoms with Crippen molar-refractivity contribution in [1.29, 1.82) is 5.26 Å². The topological polar surface area (TPSA) is 73.6 Å². The largest absolute Gasteiger partial charge is 0.492 e. The molecular weight excluding hydrogens is 208 g/mol. The summed E-state index contributed by atoms with van der Waals surface area (Å²) in [4.78, 5) is 12.6. The predicted octanol–water partition coefficient (Wildman–Crippen LogP) is 1.35. The minimum absolute atomic E-state index is 0.117. The zero-order valence-corrected chi connectivity index (χ0v) is 9.94. The van der Waals surface area contributed by atoms with E-state index in [2.05, 4.69) is 0 Å². The number of carboxylic acids is 1. The van der Waals surface area contributed by atoms with Crippen LogP contribution < -0.4 is 0 Å². The Kier molecular flexibility index (Phi) is 5.71. The maximum atomic E-state index is 10.8. The number of ether oxygens (including phenoxy) is 1. The van der Waals surface area contributed by atoms with Crippen LogP contribution in [0.2, 0.25) is 0 Å². The van der Waals surface area contributed by atoms with Crippen LogP contribution in [0, 0.1) is 11.3 Å². The monoisotopic (exact) mass is 224 g/mol. The van der Waals surface area contributed by atoms with Gasteiger partial charge in [0.25, 0.3) is 0 Å². The summed E-state index contributed by atoms with van der Waals surface area (Å²) in [5, 5.41) is 17.6. The average molecular weight is 224 g/mol. The first-order chi connectivity index (χ1) is 7.43. The normalized spacial score (nSPS) is 12.6. The van der Waals surface area contributed by atoms with Crippen LogP contribution in [-0.2, 0) is 9.53 Å². The number of aliphatic carboxylic acids is 1. The van der Waals surface area contributed by atoms with Crippen LogP contribution in [0.15, 0.2) is 23.1 Å². The summed E-state index contributed by atoms with van der Waals surface area (Å²) in [5.74, 6) is -1.16. The van der Waals surface area contributed by atoms with Gasteiger partial charge in [-0.25, -0.2) is 4.79 Å². The van der Waals surface area contributed by atoms with Crippen LogP contribution in [-0.4, -0.2) is 36.7 Å². The predicted molar refractivity (Wildman–Crippen MR) is 59.3 cm³/mol. The minimum atomic E-state index is -1.28. The first-order valence-electron chi connectivity index (χ1n) is 4.79. The van der Waals surface area contributed by atoms with Gasteiger partial charge in [-0.1, -0.05) is 0 Å². The molecule has 0 aliphatic heterocycles. The number of rotatable bonds is 5. The molecule has 0 bridgehead atoms. The number of nitriles is 1. The lowest BCUT2D eigenvalue weighted by molar-refractivity contribution is -0.132. The van der Waals surface area contributed by atoms with Crippen molar-refractivity contribution in [2.75, 3.05) is 20.7 Å². The second-order valence-electron chi connectivity index (χ2n) is 3.33. The Morgan fingerprint density at radius 1 is 1.56 bits per heavy atom. The van der Waals surface area contributed by atoms with Gasteiger partial charge in [-0.05, 0) is 13.8 Å². The lowest BCUT2D eigenvalue weighted by Crippen LogP contribution is -2.09. The van der Waals surface area contributed by atoms with Gasteiger partial charge in [0.1, 0.15) is 11.8 Å². The van der Waals surface area contributed by atoms with Crippen molar-refractivity contribution in [3.63, 3.8) is 0 Å². The highest BCUT2D eigenvalue weighted by atomic mass is 16.5. The smallest absolute Gasteiger partial charge is 0.350 e. The summed E-state index contributed by atoms with van der Waals surface area (Å²) in [6, 6.07) is 1.64. The number of hydrogen-bond acceptors (Lipinski definition) is 4. The van der Waals surface area contributed by atoms with Gasteiger partial charge < -0.3 is 14.7 Å². The van der Waals surface area contributed by atoms with Crippen molar-refractivity contribution in [3.05, 3.63) is 23.1 Å². The van der Waals surface area contributed by atoms with Gasteiger partial charge in [-0.15, -0.1) is 0 Å². The molecule has 0 atom stereocenters. The molecular formula is C11H16N2O3. The summed E-state index contributed by atoms with van der Waals surface area (Å²) in [6.07, 6.45) is 1.70. The van der Waals surface area contributed by atoms with Gasteiger partial charge in [-0.3, -0.25) is 0 Å². The maximum absolute atomic E-state index is 10.8. The first kappa shape index (κ1) is 14.0. The second-order valence-corrected chi connectivity index (χ2v) is 3.33. The average Bonchev–Trinajstić information content (AvgIpc) is 2.15. The fourth-order valence-electron chi connectivity index (χ4n) is 1.17. The molecule has 5 heteroatoms. The molecule has 0 saturated heterocycles. The molecule has 0 saturated carbocycles. The third-order valence-electron chi connectivity index (χ3n) is 1.65. The number of nitrogens with zero attached hydrogens (tertiary/aromatic N) is 2. The molecule has 0 unspecified atom stereocenters. The fourth-order valence-corrected chi connectivity index (χ4v) is 1.17. The fraction of sp³-hybridized carbons (Fsp3) is 0.455. The molecule has 0 rings (SSSR count). The SMILES string of the molecule is CCOC(=C(/C#N)C(=O)O)/C(C)=C/N(C)C. The van der Waals surface area contributed by atoms with Crippen LogP contribution in [0.1, 0.15) is 13.8 Å². The Balaban J connectivity index is 5.46. The lowest BCUT2D eigenvalue weighted by Gasteiger charge is -2.13. The highest BCUT2D eigenvalue weighted by Crippen LogP contribution is 2.16. The van der Waals surface area contributed by atoms with Crippen LogP contribution >= 0.6 is 0 Å². The minimum Gasteiger partial charge on any atom is -0.492 e. The van der Waals surface area contributed by atoms with Gasteiger partial charge in [0, 0.05) is 25.9 Å². The second kappa shape index (κ2) is 6.51. The molecule has 88 valence electrons. The van der Waals surface area contributed by atoms with E-state index in [4.69, 9.17) is 15.1 Å². The third kappa shape index (κ3) is 4.05. The molecule has 16 heavy (non-hydrogen) atoms. The molecule has 5 nitrogen and oxygen atoms in total. The number of carbonyl (C=O) groups is 1. The van der Waals surface area contributed by atoms with Gasteiger partial charge in [-0.2, -0.15) is 5.26 Å². The molecule has 0 heterocycles. The van der Waals surface area contributed by atoms with E-state index in [-0.39, 0.29) is 11.3 Å². The zero-order chi connectivity index (χ0) is 12.7. The van der Waals surface area contributed by atoms with Crippen molar-refractivity contribution in [2.24, 2.45) is 0 Å². The Morgan fingerprint density at radius 3 is 2.44 bits per heavy atom. The number of carboxylic acid groups (broad SMARTS) is 1. The Morgan fingerprint density at radius 2 is 2.12 bits per heavy atom. The van der Waals surface area contributed by atoms with Crippen molar-refractivity contribution < 1.29 is 14.6 Å². The van der Waals surface area contributed by atoms with Crippen LogP contribution in [0.25, 0.3) is 0 Å². The lowest BCUT2D eigenvalue weighted by atomic mass is 10.1. The van der Waals surface area contributed by atoms with E-state index < -0.39 is 5.97 Å². The van der Waals surface area contributed by atoms with Crippen molar-refractivity contribution >= 4 is 5.97 Å². The van der Waals surface area contributed by atoms with E-state index in [1.54, 1.807) is 45.1 Å². The van der Waals surface area contributed by atoms with Crippen LogP contribution in [0.5, 0.6) is 0 Å².